The number of nitrogens with zero attached hydrogens (tertiary/aromatic N) is 2. The molecule has 1 aromatic rings. The molecule has 0 bridgehead atoms. The molecule has 0 aliphatic heterocycles. The number of aromatic nitrogens is 2. The number of hydrogen-bond acceptors (Lipinski definition) is 2. The van der Waals surface area contributed by atoms with E-state index in [0.717, 1.165) is 0 Å². The molecule has 0 saturated carbocycles. The lowest BCUT2D eigenvalue weighted by atomic mass is 10.6. The van der Waals surface area contributed by atoms with Crippen LogP contribution in [0, 0.1) is 5.95 Å². The number of alkyl halides is 1. The zero-order valence-electron chi connectivity index (χ0n) is 4.81. The fraction of sp³-hybridized carbons (Fsp3) is 0.200. The summed E-state index contributed by atoms with van der Waals surface area (Å²) in [5.41, 5.74) is 0. The van der Waals surface area contributed by atoms with Crippen LogP contribution in [-0.4, -0.2) is 9.97 Å². The summed E-state index contributed by atoms with van der Waals surface area (Å²) in [4.78, 5) is 7.16. The Kier molecular flexibility index (Phi) is 2.56. The highest BCUT2D eigenvalue weighted by Gasteiger charge is 2.01. The van der Waals surface area contributed by atoms with Crippen LogP contribution in [-0.2, 0) is 5.88 Å². The van der Waals surface area contributed by atoms with Gasteiger partial charge in [-0.15, -0.1) is 11.6 Å². The predicted octanol–water partition coefficient (Wildman–Crippen LogP) is 2.12. The van der Waals surface area contributed by atoms with Gasteiger partial charge in [-0.2, -0.15) is 4.39 Å². The van der Waals surface area contributed by atoms with Crippen LogP contribution in [0.3, 0.4) is 0 Å². The quantitative estimate of drug-likeness (QED) is 0.540. The van der Waals surface area contributed by atoms with Gasteiger partial charge in [-0.1, -0.05) is 0 Å². The van der Waals surface area contributed by atoms with Gasteiger partial charge in [0.2, 0.25) is 5.95 Å². The molecule has 2 nitrogen and oxygen atoms in total. The first-order valence-corrected chi connectivity index (χ1v) is 3.79. The topological polar surface area (TPSA) is 25.8 Å². The van der Waals surface area contributed by atoms with Gasteiger partial charge in [-0.25, -0.2) is 9.97 Å². The SMILES string of the molecule is Fc1nc(CCl)ncc1Br. The molecular weight excluding hydrogens is 222 g/mol. The Bertz CT molecular complexity index is 243. The second-order valence-corrected chi connectivity index (χ2v) is 2.68. The lowest BCUT2D eigenvalue weighted by Crippen LogP contribution is -1.94. The van der Waals surface area contributed by atoms with Gasteiger partial charge in [0.25, 0.3) is 0 Å². The molecule has 0 saturated heterocycles. The Hall–Kier alpha value is -0.220. The van der Waals surface area contributed by atoms with E-state index in [2.05, 4.69) is 25.9 Å². The summed E-state index contributed by atoms with van der Waals surface area (Å²) in [5.74, 6) is -0.155. The van der Waals surface area contributed by atoms with Crippen molar-refractivity contribution in [1.29, 1.82) is 0 Å². The van der Waals surface area contributed by atoms with Gasteiger partial charge >= 0.3 is 0 Å². The van der Waals surface area contributed by atoms with Gasteiger partial charge < -0.3 is 0 Å². The fourth-order valence-electron chi connectivity index (χ4n) is 0.444. The van der Waals surface area contributed by atoms with Crippen LogP contribution >= 0.6 is 27.5 Å². The summed E-state index contributed by atoms with van der Waals surface area (Å²) in [6.07, 6.45) is 1.33. The summed E-state index contributed by atoms with van der Waals surface area (Å²) >= 11 is 8.26. The summed E-state index contributed by atoms with van der Waals surface area (Å²) in [5, 5.41) is 0. The third-order valence-electron chi connectivity index (χ3n) is 0.871. The molecule has 0 radical (unpaired) electrons. The van der Waals surface area contributed by atoms with Gasteiger partial charge in [0, 0.05) is 6.20 Å². The van der Waals surface area contributed by atoms with E-state index in [4.69, 9.17) is 11.6 Å². The standard InChI is InChI=1S/C5H3BrClFN2/c6-3-2-9-4(1-7)10-5(3)8/h2H,1H2. The fourth-order valence-corrected chi connectivity index (χ4v) is 0.764. The number of hydrogen-bond donors (Lipinski definition) is 0. The molecule has 0 aliphatic rings. The summed E-state index contributed by atoms with van der Waals surface area (Å²) in [6, 6.07) is 0. The van der Waals surface area contributed by atoms with Crippen LogP contribution in [0.2, 0.25) is 0 Å². The van der Waals surface area contributed by atoms with Crippen molar-refractivity contribution < 1.29 is 4.39 Å². The minimum atomic E-state index is -0.578. The molecule has 0 aromatic carbocycles. The predicted molar refractivity (Wildman–Crippen MR) is 39.2 cm³/mol. The second-order valence-electron chi connectivity index (χ2n) is 1.56. The molecule has 0 fully saturated rings. The van der Waals surface area contributed by atoms with Crippen LogP contribution in [0.4, 0.5) is 4.39 Å². The van der Waals surface area contributed by atoms with E-state index in [1.807, 2.05) is 0 Å². The average Bonchev–Trinajstić information content (AvgIpc) is 1.95. The first-order chi connectivity index (χ1) is 4.74. The number of rotatable bonds is 1. The highest BCUT2D eigenvalue weighted by atomic mass is 79.9. The van der Waals surface area contributed by atoms with E-state index in [1.165, 1.54) is 6.20 Å². The van der Waals surface area contributed by atoms with Crippen molar-refractivity contribution in [2.75, 3.05) is 0 Å². The molecule has 0 aliphatic carbocycles. The Balaban J connectivity index is 3.04. The first-order valence-electron chi connectivity index (χ1n) is 2.47. The van der Waals surface area contributed by atoms with Gasteiger partial charge in [0.15, 0.2) is 0 Å². The van der Waals surface area contributed by atoms with Crippen molar-refractivity contribution in [3.05, 3.63) is 22.4 Å². The van der Waals surface area contributed by atoms with E-state index in [9.17, 15) is 4.39 Å². The molecule has 0 spiro atoms. The highest BCUT2D eigenvalue weighted by molar-refractivity contribution is 9.10. The largest absolute Gasteiger partial charge is 0.239 e. The molecule has 0 amide bonds. The first kappa shape index (κ1) is 7.88. The Morgan fingerprint density at radius 2 is 2.40 bits per heavy atom. The van der Waals surface area contributed by atoms with Gasteiger partial charge in [-0.3, -0.25) is 0 Å². The maximum atomic E-state index is 12.5. The van der Waals surface area contributed by atoms with Gasteiger partial charge in [0.05, 0.1) is 10.4 Å². The van der Waals surface area contributed by atoms with Crippen molar-refractivity contribution in [1.82, 2.24) is 9.97 Å². The molecular formula is C5H3BrClFN2. The zero-order chi connectivity index (χ0) is 7.56. The summed E-state index contributed by atoms with van der Waals surface area (Å²) < 4.78 is 12.8. The molecule has 54 valence electrons. The Labute approximate surface area is 70.6 Å². The molecule has 10 heavy (non-hydrogen) atoms. The van der Waals surface area contributed by atoms with E-state index in [-0.39, 0.29) is 10.4 Å². The third-order valence-corrected chi connectivity index (χ3v) is 1.64. The molecule has 0 atom stereocenters. The van der Waals surface area contributed by atoms with Crippen molar-refractivity contribution >= 4 is 27.5 Å². The van der Waals surface area contributed by atoms with Crippen LogP contribution in [0.15, 0.2) is 10.7 Å². The molecule has 1 heterocycles. The van der Waals surface area contributed by atoms with Crippen LogP contribution < -0.4 is 0 Å². The molecule has 1 rings (SSSR count). The van der Waals surface area contributed by atoms with Crippen molar-refractivity contribution in [3.63, 3.8) is 0 Å². The lowest BCUT2D eigenvalue weighted by molar-refractivity contribution is 0.566. The molecule has 0 unspecified atom stereocenters. The van der Waals surface area contributed by atoms with Crippen LogP contribution in [0.1, 0.15) is 5.82 Å². The minimum absolute atomic E-state index is 0.129. The van der Waals surface area contributed by atoms with Crippen molar-refractivity contribution in [2.45, 2.75) is 5.88 Å². The summed E-state index contributed by atoms with van der Waals surface area (Å²) in [6.45, 7) is 0. The van der Waals surface area contributed by atoms with E-state index in [1.54, 1.807) is 0 Å². The van der Waals surface area contributed by atoms with Crippen molar-refractivity contribution in [3.8, 4) is 0 Å². The van der Waals surface area contributed by atoms with E-state index >= 15 is 0 Å². The minimum Gasteiger partial charge on any atom is -0.239 e. The van der Waals surface area contributed by atoms with Crippen LogP contribution in [0.5, 0.6) is 0 Å². The monoisotopic (exact) mass is 224 g/mol. The van der Waals surface area contributed by atoms with Gasteiger partial charge in [0.1, 0.15) is 5.82 Å². The highest BCUT2D eigenvalue weighted by Crippen LogP contribution is 2.11. The maximum absolute atomic E-state index is 12.5. The third kappa shape index (κ3) is 1.64. The molecule has 5 heteroatoms. The Morgan fingerprint density at radius 1 is 1.70 bits per heavy atom. The zero-order valence-corrected chi connectivity index (χ0v) is 7.15. The van der Waals surface area contributed by atoms with E-state index in [0.29, 0.717) is 5.82 Å². The van der Waals surface area contributed by atoms with Crippen LogP contribution in [0.25, 0.3) is 0 Å². The molecule has 1 aromatic heterocycles. The van der Waals surface area contributed by atoms with E-state index < -0.39 is 5.95 Å². The molecule has 0 N–H and O–H groups in total. The Morgan fingerprint density at radius 3 is 2.90 bits per heavy atom. The second kappa shape index (κ2) is 3.25. The van der Waals surface area contributed by atoms with Crippen molar-refractivity contribution in [2.24, 2.45) is 0 Å². The maximum Gasteiger partial charge on any atom is 0.230 e. The normalized spacial score (nSPS) is 9.90. The average molecular weight is 225 g/mol. The van der Waals surface area contributed by atoms with Gasteiger partial charge in [-0.05, 0) is 15.9 Å². The number of halogens is 3. The lowest BCUT2D eigenvalue weighted by Gasteiger charge is -1.93. The summed E-state index contributed by atoms with van der Waals surface area (Å²) in [7, 11) is 0. The smallest absolute Gasteiger partial charge is 0.230 e.